The molecule has 0 spiro atoms. The predicted molar refractivity (Wildman–Crippen MR) is 257 cm³/mol. The minimum absolute atomic E-state index is 0.536. The molecule has 0 saturated heterocycles. The molecular formula is C54H68O10. The van der Waals surface area contributed by atoms with Crippen LogP contribution in [0.2, 0.25) is 0 Å². The maximum Gasteiger partial charge on any atom is 0.128 e. The second-order valence-electron chi connectivity index (χ2n) is 16.1. The maximum absolute atomic E-state index is 6.84. The molecule has 13 aliphatic rings. The van der Waals surface area contributed by atoms with E-state index in [1.54, 1.807) is 56.9 Å². The molecule has 0 saturated carbocycles. The van der Waals surface area contributed by atoms with E-state index in [9.17, 15) is 0 Å². The van der Waals surface area contributed by atoms with Crippen molar-refractivity contribution < 1.29 is 47.4 Å². The molecule has 0 unspecified atom stereocenters. The van der Waals surface area contributed by atoms with Gasteiger partial charge in [0.15, 0.2) is 0 Å². The largest absolute Gasteiger partial charge is 0.496 e. The van der Waals surface area contributed by atoms with Crippen molar-refractivity contribution in [2.45, 2.75) is 90.9 Å². The van der Waals surface area contributed by atoms with Crippen LogP contribution < -0.4 is 47.4 Å². The van der Waals surface area contributed by atoms with E-state index in [1.807, 2.05) is 48.5 Å². The van der Waals surface area contributed by atoms with Gasteiger partial charge in [0, 0.05) is 55.6 Å². The Morgan fingerprint density at radius 3 is 0.609 bits per heavy atom. The van der Waals surface area contributed by atoms with Gasteiger partial charge in [-0.05, 0) is 73.5 Å². The first-order chi connectivity index (χ1) is 31.3. The van der Waals surface area contributed by atoms with Gasteiger partial charge in [0.25, 0.3) is 0 Å². The standard InChI is InChI=1S/C54H68O10/c1-11-13-15-17-19-21-23-63-53-33-44-42-32-50(60-8)40(30-52(42)62-10)38-28-46(56-4)36(26-48(38)58-6)35-25-47(57-5)37(27-45(35)55-3)39-29-51(61-9)41(31-49(39)59-7)43(53)34-54(44)64-24-22-20-18-16-14-12-2/h25-34H,11-24H2,1-10H3. The van der Waals surface area contributed by atoms with Crippen molar-refractivity contribution in [1.82, 2.24) is 0 Å². The summed E-state index contributed by atoms with van der Waals surface area (Å²) >= 11 is 0. The summed E-state index contributed by atoms with van der Waals surface area (Å²) in [4.78, 5) is 0. The van der Waals surface area contributed by atoms with Gasteiger partial charge in [-0.1, -0.05) is 78.1 Å². The van der Waals surface area contributed by atoms with Gasteiger partial charge in [0.05, 0.1) is 70.1 Å². The number of benzene rings is 5. The van der Waals surface area contributed by atoms with Crippen LogP contribution in [-0.2, 0) is 0 Å². The summed E-state index contributed by atoms with van der Waals surface area (Å²) in [6.07, 6.45) is 13.7. The number of hydrogen-bond donors (Lipinski definition) is 0. The molecule has 0 amide bonds. The highest BCUT2D eigenvalue weighted by Crippen LogP contribution is 2.54. The zero-order valence-electron chi connectivity index (χ0n) is 39.8. The van der Waals surface area contributed by atoms with Crippen LogP contribution in [0.15, 0.2) is 60.7 Å². The van der Waals surface area contributed by atoms with Crippen molar-refractivity contribution >= 4 is 0 Å². The Kier molecular flexibility index (Phi) is 17.2. The molecule has 5 aromatic rings. The monoisotopic (exact) mass is 876 g/mol. The molecule has 10 heteroatoms. The number of methoxy groups -OCH3 is 8. The normalized spacial score (nSPS) is 11.2. The minimum atomic E-state index is 0.536. The Bertz CT molecular complexity index is 2170. The highest BCUT2D eigenvalue weighted by Gasteiger charge is 2.28. The molecule has 18 rings (SSSR count). The third kappa shape index (κ3) is 10.4. The van der Waals surface area contributed by atoms with E-state index in [0.717, 1.165) is 81.3 Å². The molecule has 64 heavy (non-hydrogen) atoms. The summed E-state index contributed by atoms with van der Waals surface area (Å²) in [6.45, 7) is 5.55. The van der Waals surface area contributed by atoms with Gasteiger partial charge in [0.1, 0.15) is 57.5 Å². The SMILES string of the molecule is CCCCCCCCOc1cc2c(OCCCCCCCC)cc1-c1cc(OC)c(cc1OC)-c1cc(OC)c(cc1OC)-c1cc(OC)c(cc1OC)-c1cc(OC)c-2cc1OC. The molecule has 0 N–H and O–H groups in total. The smallest absolute Gasteiger partial charge is 0.128 e. The summed E-state index contributed by atoms with van der Waals surface area (Å²) in [5, 5.41) is 0. The molecule has 0 radical (unpaired) electrons. The van der Waals surface area contributed by atoms with Crippen LogP contribution in [-0.4, -0.2) is 70.1 Å². The zero-order valence-corrected chi connectivity index (χ0v) is 39.8. The van der Waals surface area contributed by atoms with Crippen molar-refractivity contribution in [2.75, 3.05) is 70.1 Å². The van der Waals surface area contributed by atoms with E-state index < -0.39 is 0 Å². The fourth-order valence-corrected chi connectivity index (χ4v) is 8.62. The number of rotatable bonds is 24. The quantitative estimate of drug-likeness (QED) is 0.0547. The van der Waals surface area contributed by atoms with Gasteiger partial charge in [-0.2, -0.15) is 0 Å². The molecule has 5 aromatic carbocycles. The van der Waals surface area contributed by atoms with Gasteiger partial charge in [-0.15, -0.1) is 0 Å². The van der Waals surface area contributed by atoms with Crippen LogP contribution in [0.5, 0.6) is 57.5 Å². The second-order valence-corrected chi connectivity index (χ2v) is 16.1. The van der Waals surface area contributed by atoms with Crippen LogP contribution in [0, 0.1) is 0 Å². The van der Waals surface area contributed by atoms with Crippen molar-refractivity contribution in [1.29, 1.82) is 0 Å². The van der Waals surface area contributed by atoms with Crippen LogP contribution in [0.1, 0.15) is 90.9 Å². The first-order valence-electron chi connectivity index (χ1n) is 22.8. The van der Waals surface area contributed by atoms with Crippen molar-refractivity contribution in [2.24, 2.45) is 0 Å². The van der Waals surface area contributed by atoms with Gasteiger partial charge < -0.3 is 47.4 Å². The molecule has 0 atom stereocenters. The fraction of sp³-hybridized carbons (Fsp3) is 0.444. The lowest BCUT2D eigenvalue weighted by Gasteiger charge is -2.24. The van der Waals surface area contributed by atoms with Crippen LogP contribution in [0.3, 0.4) is 0 Å². The van der Waals surface area contributed by atoms with E-state index in [0.29, 0.717) is 70.7 Å². The fourth-order valence-electron chi connectivity index (χ4n) is 8.62. The molecule has 10 bridgehead atoms. The lowest BCUT2D eigenvalue weighted by atomic mass is 9.90. The molecule has 0 fully saturated rings. The first-order valence-corrected chi connectivity index (χ1v) is 22.8. The average Bonchev–Trinajstić information content (AvgIpc) is 3.33. The minimum Gasteiger partial charge on any atom is -0.496 e. The van der Waals surface area contributed by atoms with Crippen LogP contribution >= 0.6 is 0 Å². The van der Waals surface area contributed by atoms with E-state index in [2.05, 4.69) is 26.0 Å². The Balaban J connectivity index is 1.69. The molecule has 0 heterocycles. The molecule has 0 aromatic heterocycles. The van der Waals surface area contributed by atoms with Crippen molar-refractivity contribution in [3.8, 4) is 113 Å². The van der Waals surface area contributed by atoms with Gasteiger partial charge in [-0.3, -0.25) is 0 Å². The third-order valence-electron chi connectivity index (χ3n) is 12.1. The summed E-state index contributed by atoms with van der Waals surface area (Å²) < 4.78 is 63.1. The maximum atomic E-state index is 6.84. The molecular weight excluding hydrogens is 809 g/mol. The lowest BCUT2D eigenvalue weighted by Crippen LogP contribution is -2.05. The Hall–Kier alpha value is -5.90. The summed E-state index contributed by atoms with van der Waals surface area (Å²) in [5.74, 6) is 6.11. The predicted octanol–water partition coefficient (Wildman–Crippen LogP) is 13.9. The van der Waals surface area contributed by atoms with Crippen LogP contribution in [0.4, 0.5) is 0 Å². The summed E-state index contributed by atoms with van der Waals surface area (Å²) in [7, 11) is 13.3. The van der Waals surface area contributed by atoms with Crippen LogP contribution in [0.25, 0.3) is 55.6 Å². The summed E-state index contributed by atoms with van der Waals surface area (Å²) in [6, 6.07) is 19.9. The number of unbranched alkanes of at least 4 members (excludes halogenated alkanes) is 10. The Labute approximate surface area is 381 Å². The lowest BCUT2D eigenvalue weighted by molar-refractivity contribution is 0.298. The Morgan fingerprint density at radius 1 is 0.234 bits per heavy atom. The highest BCUT2D eigenvalue weighted by molar-refractivity contribution is 5.94. The van der Waals surface area contributed by atoms with Crippen molar-refractivity contribution in [3.63, 3.8) is 0 Å². The van der Waals surface area contributed by atoms with E-state index >= 15 is 0 Å². The second kappa shape index (κ2) is 23.2. The topological polar surface area (TPSA) is 92.3 Å². The molecule has 0 aliphatic heterocycles. The molecule has 13 aliphatic carbocycles. The van der Waals surface area contributed by atoms with Crippen molar-refractivity contribution in [3.05, 3.63) is 60.7 Å². The van der Waals surface area contributed by atoms with E-state index in [4.69, 9.17) is 47.4 Å². The average molecular weight is 877 g/mol. The van der Waals surface area contributed by atoms with Gasteiger partial charge in [0.2, 0.25) is 0 Å². The molecule has 10 nitrogen and oxygen atoms in total. The molecule has 344 valence electrons. The van der Waals surface area contributed by atoms with Gasteiger partial charge in [-0.25, -0.2) is 0 Å². The van der Waals surface area contributed by atoms with E-state index in [1.165, 1.54) is 51.4 Å². The highest BCUT2D eigenvalue weighted by atomic mass is 16.5. The summed E-state index contributed by atoms with van der Waals surface area (Å²) in [5.41, 5.74) is 7.65. The number of hydrogen-bond acceptors (Lipinski definition) is 10. The Morgan fingerprint density at radius 2 is 0.406 bits per heavy atom. The first kappa shape index (κ1) is 47.6. The number of ether oxygens (including phenoxy) is 10. The van der Waals surface area contributed by atoms with Gasteiger partial charge >= 0.3 is 0 Å². The third-order valence-corrected chi connectivity index (χ3v) is 12.1. The van der Waals surface area contributed by atoms with E-state index in [-0.39, 0.29) is 0 Å². The zero-order chi connectivity index (χ0) is 45.6.